The van der Waals surface area contributed by atoms with Crippen LogP contribution in [0.5, 0.6) is 0 Å². The Hall–Kier alpha value is -3.73. The molecule has 1 amide bonds. The summed E-state index contributed by atoms with van der Waals surface area (Å²) in [7, 11) is 0. The molecule has 28 heavy (non-hydrogen) atoms. The minimum absolute atomic E-state index is 0.134. The van der Waals surface area contributed by atoms with Crippen molar-refractivity contribution in [2.75, 3.05) is 4.90 Å². The van der Waals surface area contributed by atoms with Crippen molar-refractivity contribution in [3.05, 3.63) is 107 Å². The number of hydrogen-bond donors (Lipinski definition) is 1. The van der Waals surface area contributed by atoms with Crippen molar-refractivity contribution in [1.82, 2.24) is 0 Å². The second-order valence-electron chi connectivity index (χ2n) is 6.39. The number of benzene rings is 3. The van der Waals surface area contributed by atoms with E-state index in [4.69, 9.17) is 0 Å². The Balaban J connectivity index is 1.98. The summed E-state index contributed by atoms with van der Waals surface area (Å²) in [6.07, 6.45) is 0. The van der Waals surface area contributed by atoms with E-state index < -0.39 is 23.5 Å². The number of halogens is 1. The van der Waals surface area contributed by atoms with Crippen LogP contribution < -0.4 is 4.90 Å². The van der Waals surface area contributed by atoms with Crippen LogP contribution in [0.4, 0.5) is 10.1 Å². The maximum Gasteiger partial charge on any atom is 0.300 e. The van der Waals surface area contributed by atoms with Crippen LogP contribution in [0.2, 0.25) is 0 Å². The first-order valence-electron chi connectivity index (χ1n) is 8.75. The number of rotatable bonds is 3. The summed E-state index contributed by atoms with van der Waals surface area (Å²) in [4.78, 5) is 27.0. The molecule has 0 spiro atoms. The van der Waals surface area contributed by atoms with Gasteiger partial charge in [0.2, 0.25) is 0 Å². The van der Waals surface area contributed by atoms with Crippen LogP contribution in [-0.2, 0) is 9.59 Å². The smallest absolute Gasteiger partial charge is 0.300 e. The second kappa shape index (κ2) is 7.12. The van der Waals surface area contributed by atoms with Gasteiger partial charge in [-0.15, -0.1) is 0 Å². The Bertz CT molecular complexity index is 1080. The Morgan fingerprint density at radius 1 is 0.821 bits per heavy atom. The molecule has 1 heterocycles. The van der Waals surface area contributed by atoms with Crippen LogP contribution in [0.25, 0.3) is 5.76 Å². The Labute approximate surface area is 161 Å². The molecule has 4 nitrogen and oxygen atoms in total. The van der Waals surface area contributed by atoms with E-state index in [9.17, 15) is 19.1 Å². The molecule has 138 valence electrons. The van der Waals surface area contributed by atoms with Gasteiger partial charge in [-0.1, -0.05) is 66.7 Å². The third kappa shape index (κ3) is 2.87. The fourth-order valence-electron chi connectivity index (χ4n) is 3.43. The van der Waals surface area contributed by atoms with Crippen LogP contribution in [0.3, 0.4) is 0 Å². The highest BCUT2D eigenvalue weighted by Crippen LogP contribution is 2.42. The standard InChI is InChI=1S/C23H16FNO3/c24-18-14-8-7-13-17(18)20-19(21(26)15-9-3-1-4-10-15)22(27)23(28)25(20)16-11-5-2-6-12-16/h1-14,20,26H/b21-19+. The van der Waals surface area contributed by atoms with Crippen molar-refractivity contribution in [3.63, 3.8) is 0 Å². The number of aliphatic hydroxyl groups is 1. The number of para-hydroxylation sites is 1. The number of nitrogens with zero attached hydrogens (tertiary/aromatic N) is 1. The average Bonchev–Trinajstić information content (AvgIpc) is 3.00. The van der Waals surface area contributed by atoms with E-state index in [2.05, 4.69) is 0 Å². The van der Waals surface area contributed by atoms with Crippen molar-refractivity contribution in [3.8, 4) is 0 Å². The molecule has 0 aromatic heterocycles. The summed E-state index contributed by atoms with van der Waals surface area (Å²) in [5.74, 6) is -2.55. The molecule has 4 rings (SSSR count). The van der Waals surface area contributed by atoms with Gasteiger partial charge in [-0.3, -0.25) is 14.5 Å². The lowest BCUT2D eigenvalue weighted by atomic mass is 9.95. The first kappa shape index (κ1) is 17.7. The highest BCUT2D eigenvalue weighted by Gasteiger charge is 2.47. The van der Waals surface area contributed by atoms with Crippen molar-refractivity contribution in [1.29, 1.82) is 0 Å². The van der Waals surface area contributed by atoms with Gasteiger partial charge in [-0.05, 0) is 18.2 Å². The second-order valence-corrected chi connectivity index (χ2v) is 6.39. The van der Waals surface area contributed by atoms with Gasteiger partial charge in [0.25, 0.3) is 11.7 Å². The summed E-state index contributed by atoms with van der Waals surface area (Å²) in [5, 5.41) is 10.9. The molecular weight excluding hydrogens is 357 g/mol. The zero-order valence-electron chi connectivity index (χ0n) is 14.7. The van der Waals surface area contributed by atoms with Crippen LogP contribution in [0.1, 0.15) is 17.2 Å². The van der Waals surface area contributed by atoms with Gasteiger partial charge in [-0.2, -0.15) is 0 Å². The largest absolute Gasteiger partial charge is 0.507 e. The van der Waals surface area contributed by atoms with Gasteiger partial charge < -0.3 is 5.11 Å². The van der Waals surface area contributed by atoms with E-state index in [-0.39, 0.29) is 16.9 Å². The number of ketones is 1. The molecule has 1 aliphatic rings. The number of hydrogen-bond acceptors (Lipinski definition) is 3. The predicted octanol–water partition coefficient (Wildman–Crippen LogP) is 4.45. The fraction of sp³-hybridized carbons (Fsp3) is 0.0435. The molecule has 1 N–H and O–H groups in total. The molecule has 1 saturated heterocycles. The van der Waals surface area contributed by atoms with E-state index in [0.717, 1.165) is 0 Å². The zero-order valence-corrected chi connectivity index (χ0v) is 14.7. The fourth-order valence-corrected chi connectivity index (χ4v) is 3.43. The lowest BCUT2D eigenvalue weighted by Crippen LogP contribution is -2.29. The third-order valence-corrected chi connectivity index (χ3v) is 4.73. The van der Waals surface area contributed by atoms with Gasteiger partial charge in [0.15, 0.2) is 0 Å². The lowest BCUT2D eigenvalue weighted by Gasteiger charge is -2.25. The maximum absolute atomic E-state index is 14.7. The van der Waals surface area contributed by atoms with Crippen LogP contribution in [0, 0.1) is 5.82 Å². The summed E-state index contributed by atoms with van der Waals surface area (Å²) in [6, 6.07) is 21.9. The van der Waals surface area contributed by atoms with Gasteiger partial charge in [0.1, 0.15) is 11.6 Å². The molecule has 0 bridgehead atoms. The monoisotopic (exact) mass is 373 g/mol. The van der Waals surface area contributed by atoms with Gasteiger partial charge in [0, 0.05) is 16.8 Å². The lowest BCUT2D eigenvalue weighted by molar-refractivity contribution is -0.132. The van der Waals surface area contributed by atoms with Gasteiger partial charge in [-0.25, -0.2) is 4.39 Å². The van der Waals surface area contributed by atoms with Gasteiger partial charge >= 0.3 is 0 Å². The molecule has 1 fully saturated rings. The molecule has 5 heteroatoms. The Morgan fingerprint density at radius 2 is 1.39 bits per heavy atom. The summed E-state index contributed by atoms with van der Waals surface area (Å²) in [6.45, 7) is 0. The number of aliphatic hydroxyl groups excluding tert-OH is 1. The van der Waals surface area contributed by atoms with E-state index in [0.29, 0.717) is 11.3 Å². The van der Waals surface area contributed by atoms with Crippen molar-refractivity contribution in [2.24, 2.45) is 0 Å². The predicted molar refractivity (Wildman–Crippen MR) is 104 cm³/mol. The number of Topliss-reactive ketones (excluding diaryl/α,β-unsaturated/α-hetero) is 1. The van der Waals surface area contributed by atoms with Crippen LogP contribution in [-0.4, -0.2) is 16.8 Å². The summed E-state index contributed by atoms with van der Waals surface area (Å²) < 4.78 is 14.7. The van der Waals surface area contributed by atoms with Gasteiger partial charge in [0.05, 0.1) is 11.6 Å². The molecule has 3 aromatic carbocycles. The Morgan fingerprint density at radius 3 is 2.04 bits per heavy atom. The average molecular weight is 373 g/mol. The van der Waals surface area contributed by atoms with E-state index in [1.807, 2.05) is 0 Å². The molecule has 1 aliphatic heterocycles. The molecule has 0 saturated carbocycles. The van der Waals surface area contributed by atoms with Crippen molar-refractivity contribution in [2.45, 2.75) is 6.04 Å². The van der Waals surface area contributed by atoms with Crippen LogP contribution >= 0.6 is 0 Å². The summed E-state index contributed by atoms with van der Waals surface area (Å²) >= 11 is 0. The molecule has 1 atom stereocenters. The first-order chi connectivity index (χ1) is 13.6. The summed E-state index contributed by atoms with van der Waals surface area (Å²) in [5.41, 5.74) is 0.841. The van der Waals surface area contributed by atoms with Crippen LogP contribution in [0.15, 0.2) is 90.5 Å². The minimum atomic E-state index is -1.07. The number of carbonyl (C=O) groups excluding carboxylic acids is 2. The first-order valence-corrected chi connectivity index (χ1v) is 8.75. The molecule has 1 unspecified atom stereocenters. The van der Waals surface area contributed by atoms with E-state index in [1.165, 1.54) is 23.1 Å². The highest BCUT2D eigenvalue weighted by atomic mass is 19.1. The highest BCUT2D eigenvalue weighted by molar-refractivity contribution is 6.51. The zero-order chi connectivity index (χ0) is 19.7. The van der Waals surface area contributed by atoms with Crippen molar-refractivity contribution < 1.29 is 19.1 Å². The number of anilines is 1. The third-order valence-electron chi connectivity index (χ3n) is 4.73. The molecule has 0 radical (unpaired) electrons. The van der Waals surface area contributed by atoms with E-state index >= 15 is 0 Å². The SMILES string of the molecule is O=C1C(=O)N(c2ccccc2)C(c2ccccc2F)/C1=C(\O)c1ccccc1. The number of amides is 1. The Kier molecular flexibility index (Phi) is 4.49. The van der Waals surface area contributed by atoms with E-state index in [1.54, 1.807) is 66.7 Å². The quantitative estimate of drug-likeness (QED) is 0.419. The molecular formula is C23H16FNO3. The minimum Gasteiger partial charge on any atom is -0.507 e. The molecule has 3 aromatic rings. The number of carbonyl (C=O) groups is 2. The molecule has 0 aliphatic carbocycles. The normalized spacial score (nSPS) is 18.5. The topological polar surface area (TPSA) is 57.6 Å². The van der Waals surface area contributed by atoms with Crippen molar-refractivity contribution >= 4 is 23.1 Å². The maximum atomic E-state index is 14.7.